The summed E-state index contributed by atoms with van der Waals surface area (Å²) in [4.78, 5) is 24.4. The molecular formula is C19H16F3N5O2S. The molecule has 0 amide bonds. The Morgan fingerprint density at radius 2 is 1.93 bits per heavy atom. The summed E-state index contributed by atoms with van der Waals surface area (Å²) in [7, 11) is 0. The maximum atomic E-state index is 14.0. The molecule has 4 aromatic rings. The van der Waals surface area contributed by atoms with E-state index >= 15 is 0 Å². The van der Waals surface area contributed by atoms with Crippen LogP contribution in [0.3, 0.4) is 0 Å². The number of rotatable bonds is 2. The smallest absolute Gasteiger partial charge is 0.378 e. The number of benzene rings is 1. The van der Waals surface area contributed by atoms with Gasteiger partial charge in [0.25, 0.3) is 0 Å². The van der Waals surface area contributed by atoms with E-state index in [1.807, 2.05) is 4.90 Å². The van der Waals surface area contributed by atoms with E-state index in [0.717, 1.165) is 15.9 Å². The molecule has 30 heavy (non-hydrogen) atoms. The average Bonchev–Trinajstić information content (AvgIpc) is 3.26. The van der Waals surface area contributed by atoms with Gasteiger partial charge < -0.3 is 14.6 Å². The van der Waals surface area contributed by atoms with Gasteiger partial charge >= 0.3 is 11.0 Å². The van der Waals surface area contributed by atoms with E-state index in [1.54, 1.807) is 25.1 Å². The number of fused-ring (bicyclic) bond motifs is 2. The van der Waals surface area contributed by atoms with Crippen molar-refractivity contribution in [3.63, 3.8) is 0 Å². The molecule has 1 N–H and O–H groups in total. The molecule has 7 nitrogen and oxygen atoms in total. The molecule has 0 spiro atoms. The van der Waals surface area contributed by atoms with E-state index in [-0.39, 0.29) is 21.7 Å². The van der Waals surface area contributed by atoms with Crippen molar-refractivity contribution >= 4 is 38.4 Å². The fourth-order valence-electron chi connectivity index (χ4n) is 3.71. The lowest BCUT2D eigenvalue weighted by Gasteiger charge is -2.29. The van der Waals surface area contributed by atoms with Crippen molar-refractivity contribution in [1.82, 2.24) is 19.5 Å². The van der Waals surface area contributed by atoms with Crippen LogP contribution in [0, 0.1) is 6.92 Å². The molecule has 0 aliphatic carbocycles. The number of nitrogens with zero attached hydrogens (tertiary/aromatic N) is 4. The second kappa shape index (κ2) is 6.81. The molecule has 0 atom stereocenters. The fourth-order valence-corrected chi connectivity index (χ4v) is 4.48. The average molecular weight is 435 g/mol. The third kappa shape index (κ3) is 3.14. The number of hydrogen-bond acceptors (Lipinski definition) is 6. The van der Waals surface area contributed by atoms with Crippen molar-refractivity contribution < 1.29 is 17.9 Å². The van der Waals surface area contributed by atoms with Crippen molar-refractivity contribution in [2.24, 2.45) is 0 Å². The van der Waals surface area contributed by atoms with Gasteiger partial charge in [-0.25, -0.2) is 9.97 Å². The van der Waals surface area contributed by atoms with Crippen LogP contribution < -0.4 is 9.77 Å². The summed E-state index contributed by atoms with van der Waals surface area (Å²) in [6, 6.07) is 6.42. The van der Waals surface area contributed by atoms with Gasteiger partial charge in [0, 0.05) is 18.8 Å². The van der Waals surface area contributed by atoms with E-state index in [2.05, 4.69) is 15.0 Å². The predicted molar refractivity (Wildman–Crippen MR) is 108 cm³/mol. The van der Waals surface area contributed by atoms with Gasteiger partial charge in [-0.2, -0.15) is 13.2 Å². The Bertz CT molecular complexity index is 1320. The van der Waals surface area contributed by atoms with Crippen molar-refractivity contribution in [2.75, 3.05) is 31.2 Å². The molecule has 3 aromatic heterocycles. The van der Waals surface area contributed by atoms with Gasteiger partial charge in [-0.05, 0) is 31.2 Å². The molecule has 1 saturated heterocycles. The van der Waals surface area contributed by atoms with Crippen molar-refractivity contribution in [3.8, 4) is 5.69 Å². The van der Waals surface area contributed by atoms with Crippen LogP contribution in [0.2, 0.25) is 0 Å². The zero-order chi connectivity index (χ0) is 21.0. The Balaban J connectivity index is 1.80. The van der Waals surface area contributed by atoms with Gasteiger partial charge in [0.2, 0.25) is 5.82 Å². The van der Waals surface area contributed by atoms with E-state index in [1.165, 1.54) is 6.07 Å². The Morgan fingerprint density at radius 1 is 1.17 bits per heavy atom. The Morgan fingerprint density at radius 3 is 2.67 bits per heavy atom. The van der Waals surface area contributed by atoms with Crippen LogP contribution >= 0.6 is 11.3 Å². The molecule has 4 heterocycles. The first-order valence-electron chi connectivity index (χ1n) is 9.24. The molecule has 0 unspecified atom stereocenters. The molecule has 0 saturated carbocycles. The zero-order valence-corrected chi connectivity index (χ0v) is 16.6. The summed E-state index contributed by atoms with van der Waals surface area (Å²) in [5.41, 5.74) is 2.34. The Labute approximate surface area is 171 Å². The number of alkyl halides is 3. The van der Waals surface area contributed by atoms with E-state index in [4.69, 9.17) is 4.74 Å². The molecule has 5 rings (SSSR count). The maximum Gasteiger partial charge on any atom is 0.450 e. The van der Waals surface area contributed by atoms with Gasteiger partial charge in [0.05, 0.1) is 34.8 Å². The van der Waals surface area contributed by atoms with Crippen LogP contribution in [0.5, 0.6) is 0 Å². The number of hydrogen-bond donors (Lipinski definition) is 1. The van der Waals surface area contributed by atoms with Crippen LogP contribution in [0.15, 0.2) is 29.1 Å². The fraction of sp³-hybridized carbons (Fsp3) is 0.316. The lowest BCUT2D eigenvalue weighted by atomic mass is 10.2. The normalized spacial score (nSPS) is 15.4. The number of aryl methyl sites for hydroxylation is 1. The highest BCUT2D eigenvalue weighted by atomic mass is 32.1. The lowest BCUT2D eigenvalue weighted by Crippen LogP contribution is -2.36. The van der Waals surface area contributed by atoms with E-state index < -0.39 is 12.0 Å². The summed E-state index contributed by atoms with van der Waals surface area (Å²) in [5.74, 6) is -1.05. The summed E-state index contributed by atoms with van der Waals surface area (Å²) in [5, 5.41) is 0. The summed E-state index contributed by atoms with van der Waals surface area (Å²) in [6.07, 6.45) is -4.68. The molecule has 0 bridgehead atoms. The molecule has 1 aromatic carbocycles. The Kier molecular flexibility index (Phi) is 4.33. The van der Waals surface area contributed by atoms with Gasteiger partial charge in [0.15, 0.2) is 5.65 Å². The summed E-state index contributed by atoms with van der Waals surface area (Å²) >= 11 is 0.943. The lowest BCUT2D eigenvalue weighted by molar-refractivity contribution is -0.145. The van der Waals surface area contributed by atoms with Gasteiger partial charge in [-0.1, -0.05) is 11.3 Å². The number of H-pyrrole nitrogens is 1. The van der Waals surface area contributed by atoms with Crippen molar-refractivity contribution in [1.29, 1.82) is 0 Å². The number of thiazole rings is 1. The number of aromatic amines is 1. The predicted octanol–water partition coefficient (Wildman–Crippen LogP) is 3.49. The first kappa shape index (κ1) is 19.1. The summed E-state index contributed by atoms with van der Waals surface area (Å²) < 4.78 is 48.9. The molecule has 1 fully saturated rings. The highest BCUT2D eigenvalue weighted by Gasteiger charge is 2.39. The van der Waals surface area contributed by atoms with E-state index in [0.29, 0.717) is 47.9 Å². The maximum absolute atomic E-state index is 14.0. The van der Waals surface area contributed by atoms with Gasteiger partial charge in [-0.15, -0.1) is 0 Å². The minimum absolute atomic E-state index is 0.131. The molecule has 1 aliphatic heterocycles. The number of halogens is 3. The van der Waals surface area contributed by atoms with Crippen LogP contribution in [-0.4, -0.2) is 45.8 Å². The van der Waals surface area contributed by atoms with Crippen LogP contribution in [0.1, 0.15) is 11.5 Å². The molecule has 1 aliphatic rings. The van der Waals surface area contributed by atoms with Crippen LogP contribution in [0.4, 0.5) is 18.9 Å². The first-order valence-corrected chi connectivity index (χ1v) is 10.1. The number of imidazole rings is 1. The SMILES string of the molecule is Cc1cc(N2CCOCC2)c2nc(C(F)(F)F)n(-c3ccc4[nH]c(=O)sc4c3)c2n1. The van der Waals surface area contributed by atoms with Gasteiger partial charge in [0.1, 0.15) is 5.52 Å². The third-order valence-electron chi connectivity index (χ3n) is 4.99. The highest BCUT2D eigenvalue weighted by Crippen LogP contribution is 2.37. The van der Waals surface area contributed by atoms with E-state index in [9.17, 15) is 18.0 Å². The van der Waals surface area contributed by atoms with Crippen molar-refractivity contribution in [2.45, 2.75) is 13.1 Å². The molecule has 0 radical (unpaired) electrons. The monoisotopic (exact) mass is 435 g/mol. The number of ether oxygens (including phenoxy) is 1. The second-order valence-electron chi connectivity index (χ2n) is 7.02. The quantitative estimate of drug-likeness (QED) is 0.522. The van der Waals surface area contributed by atoms with Gasteiger partial charge in [-0.3, -0.25) is 9.36 Å². The molecule has 11 heteroatoms. The Hall–Kier alpha value is -2.92. The molecular weight excluding hydrogens is 419 g/mol. The zero-order valence-electron chi connectivity index (χ0n) is 15.8. The minimum Gasteiger partial charge on any atom is -0.378 e. The topological polar surface area (TPSA) is 76.0 Å². The number of morpholine rings is 1. The third-order valence-corrected chi connectivity index (χ3v) is 5.84. The van der Waals surface area contributed by atoms with Crippen LogP contribution in [0.25, 0.3) is 27.1 Å². The number of pyridine rings is 1. The number of nitrogens with one attached hydrogen (secondary N) is 1. The number of aromatic nitrogens is 4. The molecule has 156 valence electrons. The number of anilines is 1. The standard InChI is InChI=1S/C19H16F3N5O2S/c1-10-8-13(26-4-6-29-7-5-26)15-16(23-10)27(17(25-15)19(20,21)22)11-2-3-12-14(9-11)30-18(28)24-12/h2-3,8-9H,4-7H2,1H3,(H,24,28). The summed E-state index contributed by atoms with van der Waals surface area (Å²) in [6.45, 7) is 3.87. The second-order valence-corrected chi connectivity index (χ2v) is 8.03. The highest BCUT2D eigenvalue weighted by molar-refractivity contribution is 7.16. The van der Waals surface area contributed by atoms with Crippen molar-refractivity contribution in [3.05, 3.63) is 45.5 Å². The largest absolute Gasteiger partial charge is 0.450 e. The van der Waals surface area contributed by atoms with Crippen LogP contribution in [-0.2, 0) is 10.9 Å². The first-order chi connectivity index (χ1) is 14.3. The minimum atomic E-state index is -4.68.